The second kappa shape index (κ2) is 8.74. The van der Waals surface area contributed by atoms with Gasteiger partial charge in [-0.1, -0.05) is 18.2 Å². The van der Waals surface area contributed by atoms with Gasteiger partial charge in [0.2, 0.25) is 0 Å². The Hall–Kier alpha value is -1.73. The highest BCUT2D eigenvalue weighted by molar-refractivity contribution is 7.48. The van der Waals surface area contributed by atoms with Gasteiger partial charge in [-0.3, -0.25) is 13.6 Å². The Morgan fingerprint density at radius 3 is 2.25 bits per heavy atom. The normalized spacial score (nSPS) is 13.1. The van der Waals surface area contributed by atoms with Gasteiger partial charge in [0, 0.05) is 11.8 Å². The van der Waals surface area contributed by atoms with Crippen LogP contribution in [0.25, 0.3) is 10.9 Å². The van der Waals surface area contributed by atoms with Crippen LogP contribution in [0.4, 0.5) is 4.79 Å². The number of hydrogen-bond donors (Lipinski definition) is 0. The number of fused-ring (bicyclic) bond motifs is 1. The summed E-state index contributed by atoms with van der Waals surface area (Å²) in [7, 11) is -3.77. The summed E-state index contributed by atoms with van der Waals surface area (Å²) in [5, 5.41) is 4.89. The van der Waals surface area contributed by atoms with Gasteiger partial charge in [-0.2, -0.15) is 9.78 Å². The largest absolute Gasteiger partial charge is 0.475 e. The van der Waals surface area contributed by atoms with E-state index in [1.165, 1.54) is 4.68 Å². The van der Waals surface area contributed by atoms with E-state index in [4.69, 9.17) is 18.3 Å². The van der Waals surface area contributed by atoms with E-state index in [2.05, 4.69) is 5.10 Å². The molecule has 9 heteroatoms. The Labute approximate surface area is 165 Å². The van der Waals surface area contributed by atoms with E-state index in [1.807, 2.05) is 18.2 Å². The van der Waals surface area contributed by atoms with E-state index in [1.54, 1.807) is 53.8 Å². The number of carbonyl (C=O) groups is 1. The highest BCUT2D eigenvalue weighted by atomic mass is 31.2. The molecule has 0 saturated heterocycles. The minimum Gasteiger partial charge on any atom is -0.448 e. The number of ether oxygens (including phenoxy) is 1. The summed E-state index contributed by atoms with van der Waals surface area (Å²) in [5.74, 6) is 0. The lowest BCUT2D eigenvalue weighted by Crippen LogP contribution is -2.25. The Kier molecular flexibility index (Phi) is 7.04. The van der Waals surface area contributed by atoms with Crippen molar-refractivity contribution < 1.29 is 27.7 Å². The third-order valence-corrected chi connectivity index (χ3v) is 5.23. The van der Waals surface area contributed by atoms with Gasteiger partial charge in [-0.15, -0.1) is 0 Å². The van der Waals surface area contributed by atoms with Gasteiger partial charge in [-0.05, 0) is 47.6 Å². The number of benzene rings is 1. The predicted molar refractivity (Wildman–Crippen MR) is 106 cm³/mol. The molecule has 0 fully saturated rings. The quantitative estimate of drug-likeness (QED) is 0.458. The predicted octanol–water partition coefficient (Wildman–Crippen LogP) is 5.17. The lowest BCUT2D eigenvalue weighted by atomic mass is 10.2. The molecule has 0 radical (unpaired) electrons. The number of carbonyl (C=O) groups excluding carboxylic acids is 1. The van der Waals surface area contributed by atoms with Crippen molar-refractivity contribution in [3.8, 4) is 0 Å². The second-order valence-electron chi connectivity index (χ2n) is 8.27. The number of aromatic nitrogens is 2. The lowest BCUT2D eigenvalue weighted by Gasteiger charge is -2.30. The molecule has 0 aliphatic carbocycles. The first-order valence-electron chi connectivity index (χ1n) is 9.15. The van der Waals surface area contributed by atoms with Crippen molar-refractivity contribution in [3.63, 3.8) is 0 Å². The van der Waals surface area contributed by atoms with E-state index in [0.717, 1.165) is 5.39 Å². The zero-order chi connectivity index (χ0) is 21.0. The van der Waals surface area contributed by atoms with Crippen LogP contribution < -0.4 is 0 Å². The second-order valence-corrected chi connectivity index (χ2v) is 9.79. The zero-order valence-corrected chi connectivity index (χ0v) is 18.2. The average Bonchev–Trinajstić information content (AvgIpc) is 2.94. The standard InChI is InChI=1S/C19H29N2O6P/c1-18(2,3)26-28(23,27-19(4,5)6)25-13-9-12-24-17(22)21-16-11-8-7-10-15(16)14-20-21/h7-8,10-11,14H,9,12-13H2,1-6H3. The summed E-state index contributed by atoms with van der Waals surface area (Å²) < 4.78 is 35.8. The molecule has 0 N–H and O–H groups in total. The molecule has 0 aliphatic heterocycles. The Balaban J connectivity index is 1.86. The number of rotatable bonds is 7. The fourth-order valence-electron chi connectivity index (χ4n) is 2.32. The van der Waals surface area contributed by atoms with Gasteiger partial charge in [0.05, 0.1) is 36.1 Å². The van der Waals surface area contributed by atoms with Crippen LogP contribution in [0.3, 0.4) is 0 Å². The highest BCUT2D eigenvalue weighted by Gasteiger charge is 2.36. The van der Waals surface area contributed by atoms with E-state index in [0.29, 0.717) is 11.9 Å². The molecule has 1 heterocycles. The van der Waals surface area contributed by atoms with Crippen LogP contribution in [0.15, 0.2) is 30.5 Å². The van der Waals surface area contributed by atoms with Gasteiger partial charge < -0.3 is 4.74 Å². The Morgan fingerprint density at radius 2 is 1.64 bits per heavy atom. The van der Waals surface area contributed by atoms with E-state index < -0.39 is 25.1 Å². The molecule has 8 nitrogen and oxygen atoms in total. The topological polar surface area (TPSA) is 88.9 Å². The minimum absolute atomic E-state index is 0.0522. The van der Waals surface area contributed by atoms with E-state index >= 15 is 0 Å². The maximum absolute atomic E-state index is 12.9. The summed E-state index contributed by atoms with van der Waals surface area (Å²) >= 11 is 0. The number of hydrogen-bond acceptors (Lipinski definition) is 7. The monoisotopic (exact) mass is 412 g/mol. The van der Waals surface area contributed by atoms with E-state index in [9.17, 15) is 9.36 Å². The maximum Gasteiger partial charge on any atom is 0.475 e. The third kappa shape index (κ3) is 7.02. The molecule has 28 heavy (non-hydrogen) atoms. The van der Waals surface area contributed by atoms with Gasteiger partial charge in [0.25, 0.3) is 0 Å². The van der Waals surface area contributed by atoms with Crippen molar-refractivity contribution >= 4 is 24.8 Å². The summed E-state index contributed by atoms with van der Waals surface area (Å²) in [6.07, 6.45) is 1.35. The van der Waals surface area contributed by atoms with Crippen LogP contribution in [0, 0.1) is 0 Å². The fraction of sp³-hybridized carbons (Fsp3) is 0.579. The fourth-order valence-corrected chi connectivity index (χ4v) is 4.15. The van der Waals surface area contributed by atoms with Crippen LogP contribution >= 0.6 is 7.82 Å². The molecule has 0 aliphatic rings. The molecule has 1 aromatic carbocycles. The summed E-state index contributed by atoms with van der Waals surface area (Å²) in [6.45, 7) is 10.7. The molecule has 0 bridgehead atoms. The molecule has 2 aromatic rings. The molecule has 0 saturated carbocycles. The molecular formula is C19H29N2O6P. The molecule has 0 amide bonds. The maximum atomic E-state index is 12.9. The van der Waals surface area contributed by atoms with Crippen molar-refractivity contribution in [2.24, 2.45) is 0 Å². The summed E-state index contributed by atoms with van der Waals surface area (Å²) in [6, 6.07) is 7.34. The molecule has 1 aromatic heterocycles. The first-order valence-corrected chi connectivity index (χ1v) is 10.6. The summed E-state index contributed by atoms with van der Waals surface area (Å²) in [5.41, 5.74) is -0.728. The van der Waals surface area contributed by atoms with E-state index in [-0.39, 0.29) is 13.2 Å². The van der Waals surface area contributed by atoms with Crippen molar-refractivity contribution in [2.45, 2.75) is 59.2 Å². The molecule has 0 unspecified atom stereocenters. The van der Waals surface area contributed by atoms with Crippen molar-refractivity contribution in [2.75, 3.05) is 13.2 Å². The van der Waals surface area contributed by atoms with Crippen molar-refractivity contribution in [3.05, 3.63) is 30.5 Å². The smallest absolute Gasteiger partial charge is 0.448 e. The van der Waals surface area contributed by atoms with Gasteiger partial charge in [0.1, 0.15) is 0 Å². The molecule has 0 atom stereocenters. The first kappa shape index (κ1) is 22.6. The number of nitrogens with zero attached hydrogens (tertiary/aromatic N) is 2. The van der Waals surface area contributed by atoms with Crippen LogP contribution in [-0.4, -0.2) is 40.3 Å². The van der Waals surface area contributed by atoms with Gasteiger partial charge >= 0.3 is 13.9 Å². The zero-order valence-electron chi connectivity index (χ0n) is 17.3. The third-order valence-electron chi connectivity index (χ3n) is 3.19. The average molecular weight is 412 g/mol. The minimum atomic E-state index is -3.77. The molecule has 2 rings (SSSR count). The number of para-hydroxylation sites is 1. The highest BCUT2D eigenvalue weighted by Crippen LogP contribution is 2.55. The van der Waals surface area contributed by atoms with Crippen molar-refractivity contribution in [1.82, 2.24) is 9.78 Å². The molecule has 156 valence electrons. The number of phosphoric ester groups is 1. The van der Waals surface area contributed by atoms with Crippen LogP contribution in [-0.2, 0) is 22.9 Å². The van der Waals surface area contributed by atoms with Gasteiger partial charge in [0.15, 0.2) is 0 Å². The molecular weight excluding hydrogens is 383 g/mol. The Bertz CT molecular complexity index is 830. The molecule has 0 spiro atoms. The van der Waals surface area contributed by atoms with Gasteiger partial charge in [-0.25, -0.2) is 9.36 Å². The number of phosphoric acid groups is 1. The lowest BCUT2D eigenvalue weighted by molar-refractivity contribution is 0.00200. The Morgan fingerprint density at radius 1 is 1.04 bits per heavy atom. The summed E-state index contributed by atoms with van der Waals surface area (Å²) in [4.78, 5) is 12.2. The van der Waals surface area contributed by atoms with Crippen LogP contribution in [0.5, 0.6) is 0 Å². The van der Waals surface area contributed by atoms with Crippen LogP contribution in [0.1, 0.15) is 48.0 Å². The first-order chi connectivity index (χ1) is 12.9. The van der Waals surface area contributed by atoms with Crippen LogP contribution in [0.2, 0.25) is 0 Å². The SMILES string of the molecule is CC(C)(C)OP(=O)(OCCCOC(=O)n1ncc2ccccc21)OC(C)(C)C. The van der Waals surface area contributed by atoms with Crippen molar-refractivity contribution in [1.29, 1.82) is 0 Å².